The van der Waals surface area contributed by atoms with E-state index in [0.29, 0.717) is 5.56 Å². The fourth-order valence-electron chi connectivity index (χ4n) is 3.77. The Morgan fingerprint density at radius 3 is 2.91 bits per heavy atom. The summed E-state index contributed by atoms with van der Waals surface area (Å²) in [5.41, 5.74) is 2.19. The zero-order valence-corrected chi connectivity index (χ0v) is 18.0. The number of nitrogens with zero attached hydrogens (tertiary/aromatic N) is 3. The number of ether oxygens (including phenoxy) is 1. The first-order valence-electron chi connectivity index (χ1n) is 9.84. The van der Waals surface area contributed by atoms with E-state index in [1.807, 2.05) is 0 Å². The molecule has 2 aromatic heterocycles. The largest absolute Gasteiger partial charge is 0.530 e. The fraction of sp³-hybridized carbons (Fsp3) is 0.389. The van der Waals surface area contributed by atoms with Gasteiger partial charge in [0, 0.05) is 5.56 Å². The molecule has 1 aromatic carbocycles. The lowest BCUT2D eigenvalue weighted by Crippen LogP contribution is -2.52. The van der Waals surface area contributed by atoms with Crippen molar-refractivity contribution in [1.29, 1.82) is 0 Å². The number of imidazole rings is 1. The molecule has 3 aromatic rings. The van der Waals surface area contributed by atoms with Crippen molar-refractivity contribution < 1.29 is 41.9 Å². The number of nitrogens with two attached hydrogens (primary N) is 1. The summed E-state index contributed by atoms with van der Waals surface area (Å²) in [7, 11) is -4.36. The van der Waals surface area contributed by atoms with Crippen molar-refractivity contribution in [2.75, 3.05) is 12.3 Å². The van der Waals surface area contributed by atoms with Crippen LogP contribution in [0.25, 0.3) is 11.2 Å². The van der Waals surface area contributed by atoms with Gasteiger partial charge in [0.2, 0.25) is 5.95 Å². The van der Waals surface area contributed by atoms with Crippen LogP contribution in [0.15, 0.2) is 35.4 Å². The number of H-pyrrole nitrogens is 1. The number of alkyl halides is 2. The van der Waals surface area contributed by atoms with Crippen molar-refractivity contribution in [3.05, 3.63) is 46.5 Å². The number of aromatic amines is 1. The monoisotopic (exact) mass is 501 g/mol. The van der Waals surface area contributed by atoms with E-state index in [-0.39, 0.29) is 29.5 Å². The highest BCUT2D eigenvalue weighted by Gasteiger charge is 2.62. The summed E-state index contributed by atoms with van der Waals surface area (Å²) in [6, 6.07) is 6.48. The number of aliphatic hydroxyl groups is 2. The van der Waals surface area contributed by atoms with Gasteiger partial charge in [0.1, 0.15) is 18.0 Å². The zero-order chi connectivity index (χ0) is 24.3. The van der Waals surface area contributed by atoms with Crippen molar-refractivity contribution in [2.24, 2.45) is 0 Å². The SMILES string of the molecule is Nc1nc2c(ncn2C2OC(COP3(=O)OCc4ccccc4O3)(C(F)F)C(O)C2O)c(=O)[nH]1. The van der Waals surface area contributed by atoms with Gasteiger partial charge in [-0.25, -0.2) is 18.3 Å². The number of nitrogens with one attached hydrogen (secondary N) is 1. The van der Waals surface area contributed by atoms with E-state index in [1.165, 1.54) is 6.07 Å². The van der Waals surface area contributed by atoms with Crippen LogP contribution in [0.5, 0.6) is 5.75 Å². The number of hydrogen-bond acceptors (Lipinski definition) is 11. The molecule has 5 unspecified atom stereocenters. The Labute approximate surface area is 188 Å². The van der Waals surface area contributed by atoms with Crippen LogP contribution >= 0.6 is 7.82 Å². The summed E-state index contributed by atoms with van der Waals surface area (Å²) in [6.07, 6.45) is -8.21. The first-order chi connectivity index (χ1) is 16.1. The summed E-state index contributed by atoms with van der Waals surface area (Å²) in [4.78, 5) is 22.0. The molecular formula is C18H18F2N5O8P. The Morgan fingerprint density at radius 2 is 2.15 bits per heavy atom. The number of anilines is 1. The molecule has 0 saturated carbocycles. The molecule has 1 saturated heterocycles. The second-order valence-corrected chi connectivity index (χ2v) is 9.26. The highest BCUT2D eigenvalue weighted by atomic mass is 31.2. The zero-order valence-electron chi connectivity index (χ0n) is 17.1. The van der Waals surface area contributed by atoms with Gasteiger partial charge in [0.15, 0.2) is 23.0 Å². The number of phosphoric acid groups is 1. The van der Waals surface area contributed by atoms with Gasteiger partial charge in [-0.2, -0.15) is 4.98 Å². The van der Waals surface area contributed by atoms with E-state index in [1.54, 1.807) is 18.2 Å². The van der Waals surface area contributed by atoms with Gasteiger partial charge >= 0.3 is 7.82 Å². The summed E-state index contributed by atoms with van der Waals surface area (Å²) >= 11 is 0. The molecule has 13 nitrogen and oxygen atoms in total. The minimum atomic E-state index is -4.36. The van der Waals surface area contributed by atoms with Gasteiger partial charge < -0.3 is 25.2 Å². The molecule has 2 aliphatic heterocycles. The summed E-state index contributed by atoms with van der Waals surface area (Å²) in [5.74, 6) is -0.103. The first kappa shape index (κ1) is 22.8. The highest BCUT2D eigenvalue weighted by molar-refractivity contribution is 7.49. The van der Waals surface area contributed by atoms with E-state index in [9.17, 15) is 28.4 Å². The number of fused-ring (bicyclic) bond motifs is 2. The molecule has 16 heteroatoms. The molecule has 0 aliphatic carbocycles. The van der Waals surface area contributed by atoms with E-state index in [0.717, 1.165) is 10.9 Å². The molecule has 4 heterocycles. The van der Waals surface area contributed by atoms with Gasteiger partial charge in [-0.05, 0) is 6.07 Å². The van der Waals surface area contributed by atoms with Crippen LogP contribution in [0.1, 0.15) is 11.8 Å². The van der Waals surface area contributed by atoms with Crippen LogP contribution in [0.2, 0.25) is 0 Å². The molecule has 0 spiro atoms. The molecule has 0 amide bonds. The van der Waals surface area contributed by atoms with Gasteiger partial charge in [0.05, 0.1) is 19.5 Å². The number of phosphoric ester groups is 1. The highest BCUT2D eigenvalue weighted by Crippen LogP contribution is 2.56. The molecule has 0 bridgehead atoms. The Morgan fingerprint density at radius 1 is 1.38 bits per heavy atom. The number of rotatable bonds is 5. The van der Waals surface area contributed by atoms with Crippen LogP contribution < -0.4 is 15.8 Å². The Bertz CT molecular complexity index is 1350. The van der Waals surface area contributed by atoms with Crippen LogP contribution in [0, 0.1) is 0 Å². The maximum Gasteiger partial charge on any atom is 0.530 e. The average Bonchev–Trinajstić information content (AvgIpc) is 3.32. The van der Waals surface area contributed by atoms with Crippen LogP contribution in [-0.2, 0) is 25.0 Å². The summed E-state index contributed by atoms with van der Waals surface area (Å²) in [5, 5.41) is 21.1. The van der Waals surface area contributed by atoms with Gasteiger partial charge in [0.25, 0.3) is 12.0 Å². The van der Waals surface area contributed by atoms with E-state index in [2.05, 4.69) is 15.0 Å². The third-order valence-electron chi connectivity index (χ3n) is 5.56. The van der Waals surface area contributed by atoms with E-state index >= 15 is 0 Å². The van der Waals surface area contributed by atoms with Crippen molar-refractivity contribution in [3.63, 3.8) is 0 Å². The van der Waals surface area contributed by atoms with Gasteiger partial charge in [-0.1, -0.05) is 18.2 Å². The Kier molecular flexibility index (Phi) is 5.42. The number of benzene rings is 1. The summed E-state index contributed by atoms with van der Waals surface area (Å²) < 4.78 is 63.2. The van der Waals surface area contributed by atoms with Crippen LogP contribution in [0.4, 0.5) is 14.7 Å². The standard InChI is InChI=1S/C18H18F2N5O8P/c19-16(20)18(6-31-34(29)30-5-8-3-1-2-4-9(8)33-34)12(27)11(26)15(32-18)25-7-22-10-13(25)23-17(21)24-14(10)28/h1-4,7,11-12,15-16,26-27H,5-6H2,(H3,21,23,24,28). The number of hydrogen-bond donors (Lipinski definition) is 4. The minimum Gasteiger partial charge on any atom is -0.404 e. The Balaban J connectivity index is 1.43. The lowest BCUT2D eigenvalue weighted by atomic mass is 9.96. The van der Waals surface area contributed by atoms with Crippen molar-refractivity contribution >= 4 is 24.9 Å². The third-order valence-corrected chi connectivity index (χ3v) is 6.87. The van der Waals surface area contributed by atoms with Gasteiger partial charge in [-0.15, -0.1) is 0 Å². The quantitative estimate of drug-likeness (QED) is 0.361. The number of nitrogen functional groups attached to an aromatic ring is 1. The minimum absolute atomic E-state index is 0.160. The second kappa shape index (κ2) is 8.08. The average molecular weight is 501 g/mol. The number of aliphatic hydroxyl groups excluding tert-OH is 2. The smallest absolute Gasteiger partial charge is 0.404 e. The third kappa shape index (κ3) is 3.57. The normalized spacial score (nSPS) is 31.0. The number of halogens is 2. The first-order valence-corrected chi connectivity index (χ1v) is 11.3. The molecule has 182 valence electrons. The number of aromatic nitrogens is 4. The van der Waals surface area contributed by atoms with Crippen molar-refractivity contribution in [3.8, 4) is 5.75 Å². The molecule has 5 N–H and O–H groups in total. The molecule has 5 rings (SSSR count). The molecular weight excluding hydrogens is 483 g/mol. The Hall–Kier alpha value is -2.94. The molecule has 2 aliphatic rings. The lowest BCUT2D eigenvalue weighted by Gasteiger charge is -2.32. The molecule has 34 heavy (non-hydrogen) atoms. The van der Waals surface area contributed by atoms with E-state index < -0.39 is 50.5 Å². The lowest BCUT2D eigenvalue weighted by molar-refractivity contribution is -0.193. The second-order valence-electron chi connectivity index (χ2n) is 7.67. The van der Waals surface area contributed by atoms with Gasteiger partial charge in [-0.3, -0.25) is 23.4 Å². The maximum atomic E-state index is 14.2. The van der Waals surface area contributed by atoms with Crippen LogP contribution in [0.3, 0.4) is 0 Å². The summed E-state index contributed by atoms with van der Waals surface area (Å²) in [6.45, 7) is -1.33. The molecule has 1 fully saturated rings. The number of para-hydroxylation sites is 1. The van der Waals surface area contributed by atoms with Crippen molar-refractivity contribution in [2.45, 2.75) is 37.1 Å². The molecule has 5 atom stereocenters. The van der Waals surface area contributed by atoms with E-state index in [4.69, 9.17) is 24.0 Å². The van der Waals surface area contributed by atoms with Crippen molar-refractivity contribution in [1.82, 2.24) is 19.5 Å². The predicted molar refractivity (Wildman–Crippen MR) is 109 cm³/mol. The predicted octanol–water partition coefficient (Wildman–Crippen LogP) is 0.690. The molecule has 0 radical (unpaired) electrons. The maximum absolute atomic E-state index is 14.2. The fourth-order valence-corrected chi connectivity index (χ4v) is 5.03. The topological polar surface area (TPSA) is 184 Å². The van der Waals surface area contributed by atoms with Crippen LogP contribution in [-0.4, -0.2) is 60.6 Å².